The van der Waals surface area contributed by atoms with E-state index in [0.29, 0.717) is 25.9 Å². The van der Waals surface area contributed by atoms with E-state index in [1.165, 1.54) is 6.92 Å². The van der Waals surface area contributed by atoms with Gasteiger partial charge in [0.25, 0.3) is 0 Å². The van der Waals surface area contributed by atoms with Gasteiger partial charge >= 0.3 is 0 Å². The van der Waals surface area contributed by atoms with Gasteiger partial charge in [-0.25, -0.2) is 4.98 Å². The van der Waals surface area contributed by atoms with E-state index in [-0.39, 0.29) is 17.7 Å². The first-order chi connectivity index (χ1) is 12.0. The zero-order valence-electron chi connectivity index (χ0n) is 14.7. The second-order valence-electron chi connectivity index (χ2n) is 6.47. The first-order valence-electron chi connectivity index (χ1n) is 8.56. The molecule has 0 aliphatic carbocycles. The molecule has 1 atom stereocenters. The van der Waals surface area contributed by atoms with Crippen molar-refractivity contribution in [2.75, 3.05) is 13.1 Å². The molecule has 2 N–H and O–H groups in total. The summed E-state index contributed by atoms with van der Waals surface area (Å²) in [5.41, 5.74) is 1.95. The number of aromatic amines is 1. The average Bonchev–Trinajstić information content (AvgIpc) is 3.31. The summed E-state index contributed by atoms with van der Waals surface area (Å²) >= 11 is 0. The van der Waals surface area contributed by atoms with Crippen LogP contribution in [0.1, 0.15) is 42.9 Å². The maximum atomic E-state index is 12.4. The highest BCUT2D eigenvalue weighted by Crippen LogP contribution is 2.25. The molecule has 2 aromatic heterocycles. The molecule has 0 aromatic carbocycles. The van der Waals surface area contributed by atoms with Gasteiger partial charge in [0.2, 0.25) is 11.8 Å². The van der Waals surface area contributed by atoms with Crippen molar-refractivity contribution in [2.24, 2.45) is 7.05 Å². The molecule has 1 aliphatic heterocycles. The molecule has 0 unspecified atom stereocenters. The van der Waals surface area contributed by atoms with Gasteiger partial charge in [0.05, 0.1) is 18.4 Å². The van der Waals surface area contributed by atoms with Gasteiger partial charge in [-0.2, -0.15) is 5.10 Å². The van der Waals surface area contributed by atoms with Crippen LogP contribution in [0.25, 0.3) is 0 Å². The van der Waals surface area contributed by atoms with Gasteiger partial charge in [0.1, 0.15) is 5.82 Å². The number of rotatable bonds is 6. The van der Waals surface area contributed by atoms with E-state index in [9.17, 15) is 9.59 Å². The van der Waals surface area contributed by atoms with Crippen LogP contribution in [-0.4, -0.2) is 49.6 Å². The fourth-order valence-corrected chi connectivity index (χ4v) is 3.14. The molecule has 0 spiro atoms. The topological polar surface area (TPSA) is 95.9 Å². The molecule has 3 heterocycles. The SMILES string of the molecule is CC(=O)NCc1cnc([C@@H]2CCN(C(=O)CCc3ccnn3C)C2)[nH]1. The molecule has 8 nitrogen and oxygen atoms in total. The van der Waals surface area contributed by atoms with E-state index in [0.717, 1.165) is 30.2 Å². The minimum Gasteiger partial charge on any atom is -0.351 e. The van der Waals surface area contributed by atoms with Gasteiger partial charge in [-0.1, -0.05) is 0 Å². The summed E-state index contributed by atoms with van der Waals surface area (Å²) in [7, 11) is 1.89. The predicted molar refractivity (Wildman–Crippen MR) is 91.6 cm³/mol. The van der Waals surface area contributed by atoms with Crippen molar-refractivity contribution in [3.8, 4) is 0 Å². The molecule has 1 saturated heterocycles. The zero-order valence-corrected chi connectivity index (χ0v) is 14.7. The highest BCUT2D eigenvalue weighted by molar-refractivity contribution is 5.76. The fourth-order valence-electron chi connectivity index (χ4n) is 3.14. The largest absolute Gasteiger partial charge is 0.351 e. The van der Waals surface area contributed by atoms with Crippen LogP contribution in [0.2, 0.25) is 0 Å². The summed E-state index contributed by atoms with van der Waals surface area (Å²) in [6.45, 7) is 3.39. The Morgan fingerprint density at radius 3 is 3.00 bits per heavy atom. The third-order valence-corrected chi connectivity index (χ3v) is 4.62. The van der Waals surface area contributed by atoms with Crippen molar-refractivity contribution in [1.82, 2.24) is 30.0 Å². The van der Waals surface area contributed by atoms with E-state index in [1.54, 1.807) is 17.1 Å². The zero-order chi connectivity index (χ0) is 17.8. The van der Waals surface area contributed by atoms with Crippen LogP contribution < -0.4 is 5.32 Å². The molecule has 3 rings (SSSR count). The van der Waals surface area contributed by atoms with E-state index in [1.807, 2.05) is 18.0 Å². The maximum absolute atomic E-state index is 12.4. The Hall–Kier alpha value is -2.64. The molecule has 1 fully saturated rings. The van der Waals surface area contributed by atoms with Gasteiger partial charge < -0.3 is 15.2 Å². The Morgan fingerprint density at radius 1 is 1.44 bits per heavy atom. The van der Waals surface area contributed by atoms with Gasteiger partial charge in [-0.05, 0) is 18.9 Å². The van der Waals surface area contributed by atoms with Crippen molar-refractivity contribution in [1.29, 1.82) is 0 Å². The second kappa shape index (κ2) is 7.50. The summed E-state index contributed by atoms with van der Waals surface area (Å²) in [5, 5.41) is 6.87. The highest BCUT2D eigenvalue weighted by Gasteiger charge is 2.28. The predicted octanol–water partition coefficient (Wildman–Crippen LogP) is 0.728. The monoisotopic (exact) mass is 344 g/mol. The molecule has 134 valence electrons. The van der Waals surface area contributed by atoms with Crippen molar-refractivity contribution in [3.63, 3.8) is 0 Å². The summed E-state index contributed by atoms with van der Waals surface area (Å²) in [6.07, 6.45) is 5.61. The van der Waals surface area contributed by atoms with Crippen molar-refractivity contribution >= 4 is 11.8 Å². The normalized spacial score (nSPS) is 17.0. The van der Waals surface area contributed by atoms with Crippen LogP contribution in [0.15, 0.2) is 18.5 Å². The number of hydrogen-bond donors (Lipinski definition) is 2. The minimum absolute atomic E-state index is 0.0674. The molecular weight excluding hydrogens is 320 g/mol. The van der Waals surface area contributed by atoms with E-state index < -0.39 is 0 Å². The summed E-state index contributed by atoms with van der Waals surface area (Å²) in [4.78, 5) is 33.0. The van der Waals surface area contributed by atoms with Crippen molar-refractivity contribution in [3.05, 3.63) is 35.7 Å². The smallest absolute Gasteiger partial charge is 0.222 e. The Morgan fingerprint density at radius 2 is 2.28 bits per heavy atom. The summed E-state index contributed by atoms with van der Waals surface area (Å²) in [6, 6.07) is 1.94. The lowest BCUT2D eigenvalue weighted by Gasteiger charge is -2.16. The van der Waals surface area contributed by atoms with Crippen LogP contribution in [0.3, 0.4) is 0 Å². The Bertz CT molecular complexity index is 750. The highest BCUT2D eigenvalue weighted by atomic mass is 16.2. The van der Waals surface area contributed by atoms with Crippen LogP contribution in [0.4, 0.5) is 0 Å². The first-order valence-corrected chi connectivity index (χ1v) is 8.56. The number of carbonyl (C=O) groups is 2. The van der Waals surface area contributed by atoms with E-state index in [4.69, 9.17) is 0 Å². The number of nitrogens with one attached hydrogen (secondary N) is 2. The molecule has 0 radical (unpaired) electrons. The van der Waals surface area contributed by atoms with Crippen LogP contribution in [0, 0.1) is 0 Å². The maximum Gasteiger partial charge on any atom is 0.222 e. The van der Waals surface area contributed by atoms with Gasteiger partial charge in [0, 0.05) is 51.3 Å². The van der Waals surface area contributed by atoms with Crippen LogP contribution >= 0.6 is 0 Å². The number of hydrogen-bond acceptors (Lipinski definition) is 4. The number of H-pyrrole nitrogens is 1. The number of carbonyl (C=O) groups excluding carboxylic acids is 2. The average molecular weight is 344 g/mol. The number of imidazole rings is 1. The summed E-state index contributed by atoms with van der Waals surface area (Å²) < 4.78 is 1.81. The standard InChI is InChI=1S/C17H24N6O2/c1-12(24)18-9-14-10-19-17(21-14)13-6-8-23(11-13)16(25)4-3-15-5-7-20-22(15)2/h5,7,10,13H,3-4,6,8-9,11H2,1-2H3,(H,18,24)(H,19,21)/t13-/m1/s1. The van der Waals surface area contributed by atoms with Gasteiger partial charge in [0.15, 0.2) is 0 Å². The Labute approximate surface area is 146 Å². The first kappa shape index (κ1) is 17.2. The summed E-state index contributed by atoms with van der Waals surface area (Å²) in [5.74, 6) is 1.23. The quantitative estimate of drug-likeness (QED) is 0.807. The van der Waals surface area contributed by atoms with E-state index in [2.05, 4.69) is 20.4 Å². The number of aromatic nitrogens is 4. The number of amides is 2. The molecule has 25 heavy (non-hydrogen) atoms. The lowest BCUT2D eigenvalue weighted by atomic mass is 10.1. The van der Waals surface area contributed by atoms with E-state index >= 15 is 0 Å². The molecule has 8 heteroatoms. The molecule has 0 bridgehead atoms. The molecule has 2 amide bonds. The number of nitrogens with zero attached hydrogens (tertiary/aromatic N) is 4. The Balaban J connectivity index is 1.50. The van der Waals surface area contributed by atoms with Gasteiger partial charge in [-0.15, -0.1) is 0 Å². The van der Waals surface area contributed by atoms with Crippen molar-refractivity contribution < 1.29 is 9.59 Å². The lowest BCUT2D eigenvalue weighted by Crippen LogP contribution is -2.28. The minimum atomic E-state index is -0.0674. The molecule has 2 aromatic rings. The molecular formula is C17H24N6O2. The fraction of sp³-hybridized carbons (Fsp3) is 0.529. The third kappa shape index (κ3) is 4.26. The number of likely N-dealkylation sites (tertiary alicyclic amines) is 1. The third-order valence-electron chi connectivity index (χ3n) is 4.62. The van der Waals surface area contributed by atoms with Gasteiger partial charge in [-0.3, -0.25) is 14.3 Å². The van der Waals surface area contributed by atoms with Crippen LogP contribution in [0.5, 0.6) is 0 Å². The number of aryl methyl sites for hydroxylation is 2. The van der Waals surface area contributed by atoms with Crippen LogP contribution in [-0.2, 0) is 29.6 Å². The molecule has 0 saturated carbocycles. The Kier molecular flexibility index (Phi) is 5.16. The molecule has 1 aliphatic rings. The second-order valence-corrected chi connectivity index (χ2v) is 6.47. The van der Waals surface area contributed by atoms with Crippen molar-refractivity contribution in [2.45, 2.75) is 38.6 Å². The lowest BCUT2D eigenvalue weighted by molar-refractivity contribution is -0.130.